The molecule has 7 heteroatoms. The molecule has 0 aliphatic rings. The van der Waals surface area contributed by atoms with Gasteiger partial charge >= 0.3 is 0 Å². The predicted octanol–water partition coefficient (Wildman–Crippen LogP) is 1.09. The average molecular weight is 281 g/mol. The van der Waals surface area contributed by atoms with Crippen molar-refractivity contribution in [2.45, 2.75) is 13.3 Å². The molecule has 7 nitrogen and oxygen atoms in total. The first-order chi connectivity index (χ1) is 9.63. The van der Waals surface area contributed by atoms with Gasteiger partial charge in [-0.15, -0.1) is 0 Å². The van der Waals surface area contributed by atoms with E-state index >= 15 is 0 Å². The summed E-state index contributed by atoms with van der Waals surface area (Å²) in [4.78, 5) is 21.2. The molecule has 1 aromatic rings. The molecule has 110 valence electrons. The topological polar surface area (TPSA) is 93.5 Å². The van der Waals surface area contributed by atoms with Crippen molar-refractivity contribution >= 4 is 11.6 Å². The first-order valence-electron chi connectivity index (χ1n) is 6.48. The van der Waals surface area contributed by atoms with Crippen LogP contribution in [0.5, 0.6) is 5.75 Å². The summed E-state index contributed by atoms with van der Waals surface area (Å²) in [5, 5.41) is 16.3. The zero-order valence-electron chi connectivity index (χ0n) is 11.4. The molecule has 2 N–H and O–H groups in total. The van der Waals surface area contributed by atoms with Crippen LogP contribution in [-0.2, 0) is 4.79 Å². The molecule has 0 radical (unpaired) electrons. The Hall–Kier alpha value is -2.15. The lowest BCUT2D eigenvalue weighted by molar-refractivity contribution is -0.384. The SMILES string of the molecule is CCNC(=O)CCNCCOc1ccc([N+](=O)[O-])cc1. The third kappa shape index (κ3) is 6.14. The zero-order chi connectivity index (χ0) is 14.8. The molecule has 0 heterocycles. The van der Waals surface area contributed by atoms with E-state index in [1.165, 1.54) is 12.1 Å². The highest BCUT2D eigenvalue weighted by Gasteiger charge is 2.04. The van der Waals surface area contributed by atoms with Crippen LogP contribution < -0.4 is 15.4 Å². The van der Waals surface area contributed by atoms with Crippen LogP contribution in [0, 0.1) is 10.1 Å². The Labute approximate surface area is 117 Å². The van der Waals surface area contributed by atoms with E-state index in [0.717, 1.165) is 0 Å². The molecule has 0 aliphatic carbocycles. The third-order valence-corrected chi connectivity index (χ3v) is 2.50. The Kier molecular flexibility index (Phi) is 7.05. The van der Waals surface area contributed by atoms with Gasteiger partial charge in [-0.3, -0.25) is 14.9 Å². The van der Waals surface area contributed by atoms with Crippen LogP contribution in [0.15, 0.2) is 24.3 Å². The summed E-state index contributed by atoms with van der Waals surface area (Å²) in [6.45, 7) is 4.16. The Morgan fingerprint density at radius 2 is 2.00 bits per heavy atom. The van der Waals surface area contributed by atoms with Gasteiger partial charge in [0.25, 0.3) is 5.69 Å². The first-order valence-corrected chi connectivity index (χ1v) is 6.48. The van der Waals surface area contributed by atoms with Gasteiger partial charge in [0, 0.05) is 38.2 Å². The van der Waals surface area contributed by atoms with E-state index in [0.29, 0.717) is 38.4 Å². The standard InChI is InChI=1S/C13H19N3O4/c1-2-15-13(17)7-8-14-9-10-20-12-5-3-11(4-6-12)16(18)19/h3-6,14H,2,7-10H2,1H3,(H,15,17). The number of carbonyl (C=O) groups excluding carboxylic acids is 1. The number of hydrogen-bond acceptors (Lipinski definition) is 5. The summed E-state index contributed by atoms with van der Waals surface area (Å²) < 4.78 is 5.41. The summed E-state index contributed by atoms with van der Waals surface area (Å²) in [7, 11) is 0. The second-order valence-corrected chi connectivity index (χ2v) is 4.05. The van der Waals surface area contributed by atoms with Crippen LogP contribution in [0.4, 0.5) is 5.69 Å². The first kappa shape index (κ1) is 15.9. The molecule has 20 heavy (non-hydrogen) atoms. The van der Waals surface area contributed by atoms with Gasteiger partial charge in [-0.25, -0.2) is 0 Å². The summed E-state index contributed by atoms with van der Waals surface area (Å²) in [5.74, 6) is 0.609. The van der Waals surface area contributed by atoms with Gasteiger partial charge in [-0.05, 0) is 19.1 Å². The molecule has 0 bridgehead atoms. The van der Waals surface area contributed by atoms with E-state index in [9.17, 15) is 14.9 Å². The van der Waals surface area contributed by atoms with Crippen molar-refractivity contribution in [1.29, 1.82) is 0 Å². The van der Waals surface area contributed by atoms with Crippen LogP contribution in [0.1, 0.15) is 13.3 Å². The highest BCUT2D eigenvalue weighted by atomic mass is 16.6. The number of rotatable bonds is 9. The maximum atomic E-state index is 11.1. The molecule has 1 amide bonds. The summed E-state index contributed by atoms with van der Waals surface area (Å²) in [5.41, 5.74) is 0.0393. The quantitative estimate of drug-likeness (QED) is 0.401. The van der Waals surface area contributed by atoms with Gasteiger partial charge in [0.1, 0.15) is 12.4 Å². The molecule has 0 atom stereocenters. The van der Waals surface area contributed by atoms with Crippen molar-refractivity contribution in [3.05, 3.63) is 34.4 Å². The van der Waals surface area contributed by atoms with Gasteiger partial charge in [-0.2, -0.15) is 0 Å². The number of non-ortho nitro benzene ring substituents is 1. The minimum atomic E-state index is -0.452. The van der Waals surface area contributed by atoms with E-state index in [-0.39, 0.29) is 11.6 Å². The van der Waals surface area contributed by atoms with E-state index in [4.69, 9.17) is 4.74 Å². The highest BCUT2D eigenvalue weighted by Crippen LogP contribution is 2.16. The van der Waals surface area contributed by atoms with Gasteiger partial charge in [0.05, 0.1) is 4.92 Å². The van der Waals surface area contributed by atoms with Crippen LogP contribution in [-0.4, -0.2) is 37.1 Å². The Morgan fingerprint density at radius 3 is 2.60 bits per heavy atom. The molecule has 0 unspecified atom stereocenters. The van der Waals surface area contributed by atoms with Crippen LogP contribution in [0.2, 0.25) is 0 Å². The molecular weight excluding hydrogens is 262 g/mol. The van der Waals surface area contributed by atoms with Crippen molar-refractivity contribution in [1.82, 2.24) is 10.6 Å². The van der Waals surface area contributed by atoms with Crippen molar-refractivity contribution in [3.63, 3.8) is 0 Å². The number of benzene rings is 1. The summed E-state index contributed by atoms with van der Waals surface area (Å²) >= 11 is 0. The molecule has 0 fully saturated rings. The van der Waals surface area contributed by atoms with Crippen molar-refractivity contribution in [2.24, 2.45) is 0 Å². The van der Waals surface area contributed by atoms with Gasteiger partial charge < -0.3 is 15.4 Å². The lowest BCUT2D eigenvalue weighted by Crippen LogP contribution is -2.29. The number of nitro benzene ring substituents is 1. The number of hydrogen-bond donors (Lipinski definition) is 2. The molecule has 0 saturated carbocycles. The van der Waals surface area contributed by atoms with E-state index < -0.39 is 4.92 Å². The normalized spacial score (nSPS) is 10.1. The molecule has 1 aromatic carbocycles. The number of nitro groups is 1. The molecule has 0 aliphatic heterocycles. The minimum Gasteiger partial charge on any atom is -0.492 e. The molecule has 0 aromatic heterocycles. The second kappa shape index (κ2) is 8.87. The molecule has 1 rings (SSSR count). The maximum Gasteiger partial charge on any atom is 0.269 e. The number of ether oxygens (including phenoxy) is 1. The summed E-state index contributed by atoms with van der Waals surface area (Å²) in [6.07, 6.45) is 0.436. The zero-order valence-corrected chi connectivity index (χ0v) is 11.4. The third-order valence-electron chi connectivity index (χ3n) is 2.50. The summed E-state index contributed by atoms with van der Waals surface area (Å²) in [6, 6.07) is 5.93. The second-order valence-electron chi connectivity index (χ2n) is 4.05. The molecule has 0 spiro atoms. The van der Waals surface area contributed by atoms with Gasteiger partial charge in [-0.1, -0.05) is 0 Å². The fraction of sp³-hybridized carbons (Fsp3) is 0.462. The van der Waals surface area contributed by atoms with Crippen LogP contribution in [0.25, 0.3) is 0 Å². The average Bonchev–Trinajstić information content (AvgIpc) is 2.43. The predicted molar refractivity (Wildman–Crippen MR) is 74.8 cm³/mol. The lowest BCUT2D eigenvalue weighted by atomic mass is 10.3. The van der Waals surface area contributed by atoms with E-state index in [1.807, 2.05) is 6.92 Å². The monoisotopic (exact) mass is 281 g/mol. The fourth-order valence-corrected chi connectivity index (χ4v) is 1.52. The Balaban J connectivity index is 2.12. The van der Waals surface area contributed by atoms with Crippen molar-refractivity contribution in [2.75, 3.05) is 26.2 Å². The Bertz CT molecular complexity index is 434. The van der Waals surface area contributed by atoms with Gasteiger partial charge in [0.2, 0.25) is 5.91 Å². The fourth-order valence-electron chi connectivity index (χ4n) is 1.52. The van der Waals surface area contributed by atoms with Crippen LogP contribution in [0.3, 0.4) is 0 Å². The molecule has 0 saturated heterocycles. The smallest absolute Gasteiger partial charge is 0.269 e. The lowest BCUT2D eigenvalue weighted by Gasteiger charge is -2.07. The Morgan fingerprint density at radius 1 is 1.30 bits per heavy atom. The van der Waals surface area contributed by atoms with Gasteiger partial charge in [0.15, 0.2) is 0 Å². The largest absolute Gasteiger partial charge is 0.492 e. The number of nitrogens with zero attached hydrogens (tertiary/aromatic N) is 1. The number of amides is 1. The van der Waals surface area contributed by atoms with Crippen LogP contribution >= 0.6 is 0 Å². The minimum absolute atomic E-state index is 0.0243. The highest BCUT2D eigenvalue weighted by molar-refractivity contribution is 5.75. The van der Waals surface area contributed by atoms with E-state index in [1.54, 1.807) is 12.1 Å². The maximum absolute atomic E-state index is 11.1. The van der Waals surface area contributed by atoms with Crippen molar-refractivity contribution in [3.8, 4) is 5.75 Å². The van der Waals surface area contributed by atoms with E-state index in [2.05, 4.69) is 10.6 Å². The molecular formula is C13H19N3O4. The number of nitrogens with one attached hydrogen (secondary N) is 2. The number of carbonyl (C=O) groups is 1. The van der Waals surface area contributed by atoms with Crippen molar-refractivity contribution < 1.29 is 14.5 Å².